The number of aromatic nitrogens is 2. The standard InChI is InChI=1S/C13H19N3O2/c1-10-12-8-15(9-17)4-5-16(12)13(14-10)11-2-6-18-7-3-11/h9,11H,2-8H2,1H3. The van der Waals surface area contributed by atoms with Crippen molar-refractivity contribution in [1.82, 2.24) is 14.5 Å². The van der Waals surface area contributed by atoms with Crippen LogP contribution < -0.4 is 0 Å². The van der Waals surface area contributed by atoms with Crippen molar-refractivity contribution < 1.29 is 9.53 Å². The van der Waals surface area contributed by atoms with E-state index in [2.05, 4.69) is 4.57 Å². The maximum Gasteiger partial charge on any atom is 0.210 e. The van der Waals surface area contributed by atoms with Gasteiger partial charge in [0.25, 0.3) is 0 Å². The number of hydrogen-bond donors (Lipinski definition) is 0. The zero-order valence-corrected chi connectivity index (χ0v) is 10.8. The van der Waals surface area contributed by atoms with Crippen LogP contribution in [0.2, 0.25) is 0 Å². The summed E-state index contributed by atoms with van der Waals surface area (Å²) in [6.45, 7) is 6.09. The number of aryl methyl sites for hydroxylation is 1. The number of rotatable bonds is 2. The average molecular weight is 249 g/mol. The second-order valence-electron chi connectivity index (χ2n) is 5.12. The molecule has 2 aliphatic heterocycles. The van der Waals surface area contributed by atoms with Crippen molar-refractivity contribution in [2.45, 2.75) is 38.8 Å². The second-order valence-corrected chi connectivity index (χ2v) is 5.12. The third kappa shape index (κ3) is 1.92. The van der Waals surface area contributed by atoms with Crippen LogP contribution in [0.1, 0.15) is 36.0 Å². The Bertz CT molecular complexity index is 449. The lowest BCUT2D eigenvalue weighted by Gasteiger charge is -2.28. The molecule has 1 aromatic rings. The van der Waals surface area contributed by atoms with Crippen LogP contribution in [-0.2, 0) is 22.6 Å². The molecule has 1 aromatic heterocycles. The Kier molecular flexibility index (Phi) is 3.07. The molecule has 2 aliphatic rings. The highest BCUT2D eigenvalue weighted by molar-refractivity contribution is 5.47. The topological polar surface area (TPSA) is 47.4 Å². The van der Waals surface area contributed by atoms with Gasteiger partial charge in [0.05, 0.1) is 17.9 Å². The first-order chi connectivity index (χ1) is 8.79. The van der Waals surface area contributed by atoms with Gasteiger partial charge in [-0.3, -0.25) is 4.79 Å². The minimum absolute atomic E-state index is 0.522. The monoisotopic (exact) mass is 249 g/mol. The highest BCUT2D eigenvalue weighted by atomic mass is 16.5. The van der Waals surface area contributed by atoms with E-state index in [1.165, 1.54) is 11.5 Å². The third-order valence-electron chi connectivity index (χ3n) is 4.00. The molecule has 0 aromatic carbocycles. The normalized spacial score (nSPS) is 20.8. The molecular weight excluding hydrogens is 230 g/mol. The Morgan fingerprint density at radius 1 is 1.33 bits per heavy atom. The molecule has 5 nitrogen and oxygen atoms in total. The maximum atomic E-state index is 10.9. The summed E-state index contributed by atoms with van der Waals surface area (Å²) in [6, 6.07) is 0. The highest BCUT2D eigenvalue weighted by Crippen LogP contribution is 2.29. The van der Waals surface area contributed by atoms with E-state index >= 15 is 0 Å². The van der Waals surface area contributed by atoms with E-state index in [4.69, 9.17) is 9.72 Å². The first-order valence-corrected chi connectivity index (χ1v) is 6.62. The average Bonchev–Trinajstić information content (AvgIpc) is 2.77. The number of carbonyl (C=O) groups is 1. The fraction of sp³-hybridized carbons (Fsp3) is 0.692. The number of carbonyl (C=O) groups excluding carboxylic acids is 1. The van der Waals surface area contributed by atoms with Crippen LogP contribution in [0.4, 0.5) is 0 Å². The third-order valence-corrected chi connectivity index (χ3v) is 4.00. The summed E-state index contributed by atoms with van der Waals surface area (Å²) in [7, 11) is 0. The van der Waals surface area contributed by atoms with Gasteiger partial charge in [0.1, 0.15) is 5.82 Å². The zero-order chi connectivity index (χ0) is 12.5. The van der Waals surface area contributed by atoms with E-state index in [-0.39, 0.29) is 0 Å². The number of hydrogen-bond acceptors (Lipinski definition) is 3. The van der Waals surface area contributed by atoms with Gasteiger partial charge >= 0.3 is 0 Å². The van der Waals surface area contributed by atoms with Gasteiger partial charge in [0, 0.05) is 32.2 Å². The SMILES string of the molecule is Cc1nc(C2CCOCC2)n2c1CN(C=O)CC2. The molecule has 1 saturated heterocycles. The molecule has 5 heteroatoms. The van der Waals surface area contributed by atoms with Crippen molar-refractivity contribution in [3.63, 3.8) is 0 Å². The summed E-state index contributed by atoms with van der Waals surface area (Å²) in [5.74, 6) is 1.73. The summed E-state index contributed by atoms with van der Waals surface area (Å²) in [6.07, 6.45) is 3.06. The second kappa shape index (κ2) is 4.72. The van der Waals surface area contributed by atoms with Gasteiger partial charge in [-0.25, -0.2) is 4.98 Å². The summed E-state index contributed by atoms with van der Waals surface area (Å²) >= 11 is 0. The van der Waals surface area contributed by atoms with Crippen molar-refractivity contribution in [2.75, 3.05) is 19.8 Å². The lowest BCUT2D eigenvalue weighted by molar-refractivity contribution is -0.119. The number of nitrogens with zero attached hydrogens (tertiary/aromatic N) is 3. The van der Waals surface area contributed by atoms with E-state index in [9.17, 15) is 4.79 Å². The van der Waals surface area contributed by atoms with Crippen LogP contribution in [0.15, 0.2) is 0 Å². The van der Waals surface area contributed by atoms with Crippen molar-refractivity contribution in [1.29, 1.82) is 0 Å². The Balaban J connectivity index is 1.90. The number of amides is 1. The largest absolute Gasteiger partial charge is 0.381 e. The van der Waals surface area contributed by atoms with Gasteiger partial charge in [-0.2, -0.15) is 0 Å². The molecule has 1 amide bonds. The van der Waals surface area contributed by atoms with E-state index in [0.29, 0.717) is 12.5 Å². The Morgan fingerprint density at radius 2 is 2.11 bits per heavy atom. The molecule has 0 saturated carbocycles. The molecule has 0 unspecified atom stereocenters. The van der Waals surface area contributed by atoms with Crippen LogP contribution in [-0.4, -0.2) is 40.6 Å². The van der Waals surface area contributed by atoms with Crippen LogP contribution >= 0.6 is 0 Å². The lowest BCUT2D eigenvalue weighted by atomic mass is 9.99. The molecule has 98 valence electrons. The molecule has 3 heterocycles. The molecule has 0 bridgehead atoms. The molecule has 0 radical (unpaired) electrons. The first-order valence-electron chi connectivity index (χ1n) is 6.62. The molecular formula is C13H19N3O2. The summed E-state index contributed by atoms with van der Waals surface area (Å²) in [5.41, 5.74) is 2.28. The Labute approximate surface area is 107 Å². The van der Waals surface area contributed by atoms with Crippen molar-refractivity contribution in [3.8, 4) is 0 Å². The molecule has 0 N–H and O–H groups in total. The van der Waals surface area contributed by atoms with Gasteiger partial charge in [-0.05, 0) is 19.8 Å². The maximum absolute atomic E-state index is 10.9. The number of ether oxygens (including phenoxy) is 1. The fourth-order valence-electron chi connectivity index (χ4n) is 2.94. The predicted octanol–water partition coefficient (Wildman–Crippen LogP) is 1.06. The highest BCUT2D eigenvalue weighted by Gasteiger charge is 2.27. The Hall–Kier alpha value is -1.36. The summed E-state index contributed by atoms with van der Waals surface area (Å²) in [5, 5.41) is 0. The summed E-state index contributed by atoms with van der Waals surface area (Å²) < 4.78 is 7.74. The van der Waals surface area contributed by atoms with Gasteiger partial charge in [-0.15, -0.1) is 0 Å². The van der Waals surface area contributed by atoms with E-state index in [1.54, 1.807) is 0 Å². The molecule has 0 aliphatic carbocycles. The molecule has 0 atom stereocenters. The minimum Gasteiger partial charge on any atom is -0.381 e. The van der Waals surface area contributed by atoms with Crippen LogP contribution in [0.25, 0.3) is 0 Å². The van der Waals surface area contributed by atoms with Crippen molar-refractivity contribution in [2.24, 2.45) is 0 Å². The van der Waals surface area contributed by atoms with Gasteiger partial charge in [-0.1, -0.05) is 0 Å². The van der Waals surface area contributed by atoms with Crippen LogP contribution in [0.5, 0.6) is 0 Å². The first kappa shape index (κ1) is 11.7. The smallest absolute Gasteiger partial charge is 0.210 e. The van der Waals surface area contributed by atoms with E-state index in [1.807, 2.05) is 11.8 Å². The molecule has 3 rings (SSSR count). The van der Waals surface area contributed by atoms with Gasteiger partial charge in [0.2, 0.25) is 6.41 Å². The predicted molar refractivity (Wildman–Crippen MR) is 66.2 cm³/mol. The zero-order valence-electron chi connectivity index (χ0n) is 10.8. The molecule has 0 spiro atoms. The van der Waals surface area contributed by atoms with E-state index < -0.39 is 0 Å². The number of imidazole rings is 1. The fourth-order valence-corrected chi connectivity index (χ4v) is 2.94. The Morgan fingerprint density at radius 3 is 2.83 bits per heavy atom. The summed E-state index contributed by atoms with van der Waals surface area (Å²) in [4.78, 5) is 17.4. The van der Waals surface area contributed by atoms with Crippen molar-refractivity contribution >= 4 is 6.41 Å². The van der Waals surface area contributed by atoms with E-state index in [0.717, 1.165) is 51.2 Å². The minimum atomic E-state index is 0.522. The lowest BCUT2D eigenvalue weighted by Crippen LogP contribution is -2.33. The van der Waals surface area contributed by atoms with Crippen LogP contribution in [0.3, 0.4) is 0 Å². The molecule has 1 fully saturated rings. The van der Waals surface area contributed by atoms with Crippen molar-refractivity contribution in [3.05, 3.63) is 17.2 Å². The number of fused-ring (bicyclic) bond motifs is 1. The van der Waals surface area contributed by atoms with Crippen LogP contribution in [0, 0.1) is 6.92 Å². The molecule has 18 heavy (non-hydrogen) atoms. The quantitative estimate of drug-likeness (QED) is 0.736. The van der Waals surface area contributed by atoms with Gasteiger partial charge < -0.3 is 14.2 Å². The van der Waals surface area contributed by atoms with Gasteiger partial charge in [0.15, 0.2) is 0 Å².